The molecule has 8 nitrogen and oxygen atoms in total. The van der Waals surface area contributed by atoms with Gasteiger partial charge < -0.3 is 4.90 Å². The van der Waals surface area contributed by atoms with Crippen LogP contribution in [-0.2, 0) is 10.0 Å². The first kappa shape index (κ1) is 18.3. The topological polar surface area (TPSA) is 87.9 Å². The molecule has 0 N–H and O–H groups in total. The van der Waals surface area contributed by atoms with Gasteiger partial charge in [-0.2, -0.15) is 4.31 Å². The molecular formula is C20H21N5O3S. The van der Waals surface area contributed by atoms with Crippen LogP contribution in [0.25, 0.3) is 5.65 Å². The van der Waals surface area contributed by atoms with Crippen LogP contribution in [0.1, 0.15) is 22.0 Å². The van der Waals surface area contributed by atoms with Crippen molar-refractivity contribution in [2.75, 3.05) is 25.9 Å². The molecule has 2 aromatic heterocycles. The maximum Gasteiger partial charge on any atom is 0.257 e. The number of rotatable bonds is 3. The summed E-state index contributed by atoms with van der Waals surface area (Å²) >= 11 is 0. The normalized spacial score (nSPS) is 24.9. The Hall–Kier alpha value is -2.78. The van der Waals surface area contributed by atoms with Gasteiger partial charge in [0.15, 0.2) is 5.65 Å². The highest BCUT2D eigenvalue weighted by Gasteiger charge is 2.51. The number of fused-ring (bicyclic) bond motifs is 2. The molecule has 2 aliphatic rings. The second kappa shape index (κ2) is 6.64. The minimum absolute atomic E-state index is 0.0636. The number of carbonyl (C=O) groups is 1. The average Bonchev–Trinajstić information content (AvgIpc) is 3.40. The third-order valence-corrected chi connectivity index (χ3v) is 7.26. The number of likely N-dealkylation sites (tertiary alicyclic amines) is 1. The summed E-state index contributed by atoms with van der Waals surface area (Å²) in [6.45, 7) is 1.49. The van der Waals surface area contributed by atoms with Gasteiger partial charge in [-0.25, -0.2) is 8.42 Å². The van der Waals surface area contributed by atoms with Gasteiger partial charge in [-0.05, 0) is 23.6 Å². The number of hydrogen-bond donors (Lipinski definition) is 0. The molecule has 5 rings (SSSR count). The van der Waals surface area contributed by atoms with Crippen molar-refractivity contribution in [2.24, 2.45) is 11.8 Å². The van der Waals surface area contributed by atoms with Crippen LogP contribution < -0.4 is 0 Å². The fourth-order valence-corrected chi connectivity index (χ4v) is 5.92. The molecular weight excluding hydrogens is 390 g/mol. The molecule has 29 heavy (non-hydrogen) atoms. The SMILES string of the molecule is CS(=O)(=O)N1C[C@H]2CN(C(=O)c3cccn4cnnc34)C[C@H]2[C@@H]1c1ccccc1. The molecule has 4 heterocycles. The maximum atomic E-state index is 13.2. The van der Waals surface area contributed by atoms with E-state index in [0.29, 0.717) is 30.8 Å². The predicted molar refractivity (Wildman–Crippen MR) is 107 cm³/mol. The molecule has 2 saturated heterocycles. The first-order chi connectivity index (χ1) is 13.9. The molecule has 3 atom stereocenters. The van der Waals surface area contributed by atoms with E-state index in [1.165, 1.54) is 6.26 Å². The lowest BCUT2D eigenvalue weighted by Crippen LogP contribution is -2.37. The van der Waals surface area contributed by atoms with Gasteiger partial charge in [0.2, 0.25) is 10.0 Å². The molecule has 9 heteroatoms. The van der Waals surface area contributed by atoms with Crippen LogP contribution in [0.2, 0.25) is 0 Å². The maximum absolute atomic E-state index is 13.2. The number of pyridine rings is 1. The van der Waals surface area contributed by atoms with Crippen molar-refractivity contribution in [3.63, 3.8) is 0 Å². The molecule has 0 radical (unpaired) electrons. The second-order valence-electron chi connectivity index (χ2n) is 7.81. The lowest BCUT2D eigenvalue weighted by atomic mass is 9.90. The van der Waals surface area contributed by atoms with Crippen LogP contribution in [0, 0.1) is 11.8 Å². The molecule has 1 aromatic carbocycles. The van der Waals surface area contributed by atoms with E-state index in [9.17, 15) is 13.2 Å². The summed E-state index contributed by atoms with van der Waals surface area (Å²) in [4.78, 5) is 15.1. The van der Waals surface area contributed by atoms with Gasteiger partial charge >= 0.3 is 0 Å². The molecule has 0 unspecified atom stereocenters. The van der Waals surface area contributed by atoms with Crippen molar-refractivity contribution < 1.29 is 13.2 Å². The molecule has 0 saturated carbocycles. The number of sulfonamides is 1. The fraction of sp³-hybridized carbons (Fsp3) is 0.350. The summed E-state index contributed by atoms with van der Waals surface area (Å²) in [5.41, 5.74) is 2.02. The van der Waals surface area contributed by atoms with Gasteiger partial charge in [0.25, 0.3) is 5.91 Å². The first-order valence-electron chi connectivity index (χ1n) is 9.53. The molecule has 150 valence electrons. The fourth-order valence-electron chi connectivity index (χ4n) is 4.77. The predicted octanol–water partition coefficient (Wildman–Crippen LogP) is 1.43. The van der Waals surface area contributed by atoms with E-state index in [-0.39, 0.29) is 23.8 Å². The Kier molecular flexibility index (Phi) is 4.18. The Morgan fingerprint density at radius 1 is 1.07 bits per heavy atom. The third kappa shape index (κ3) is 3.01. The highest BCUT2D eigenvalue weighted by Crippen LogP contribution is 2.46. The number of benzene rings is 1. The lowest BCUT2D eigenvalue weighted by molar-refractivity contribution is 0.0775. The van der Waals surface area contributed by atoms with Crippen molar-refractivity contribution in [3.8, 4) is 0 Å². The van der Waals surface area contributed by atoms with Gasteiger partial charge in [0, 0.05) is 31.7 Å². The average molecular weight is 411 g/mol. The Morgan fingerprint density at radius 3 is 2.62 bits per heavy atom. The van der Waals surface area contributed by atoms with Crippen LogP contribution in [0.5, 0.6) is 0 Å². The summed E-state index contributed by atoms with van der Waals surface area (Å²) in [6, 6.07) is 13.0. The summed E-state index contributed by atoms with van der Waals surface area (Å²) in [5, 5.41) is 7.95. The number of hydrogen-bond acceptors (Lipinski definition) is 5. The zero-order valence-corrected chi connectivity index (χ0v) is 16.7. The van der Waals surface area contributed by atoms with Gasteiger partial charge in [-0.3, -0.25) is 9.20 Å². The smallest absolute Gasteiger partial charge is 0.257 e. The van der Waals surface area contributed by atoms with Crippen molar-refractivity contribution in [1.29, 1.82) is 0 Å². The van der Waals surface area contributed by atoms with Gasteiger partial charge in [-0.1, -0.05) is 30.3 Å². The molecule has 3 aromatic rings. The van der Waals surface area contributed by atoms with Crippen molar-refractivity contribution >= 4 is 21.6 Å². The van der Waals surface area contributed by atoms with Crippen molar-refractivity contribution in [1.82, 2.24) is 23.8 Å². The standard InChI is InChI=1S/C20H21N5O3S/c1-29(27,28)25-11-15-10-24(12-17(15)18(25)14-6-3-2-4-7-14)20(26)16-8-5-9-23-13-21-22-19(16)23/h2-9,13,15,17-18H,10-12H2,1H3/t15-,17-,18+/m1/s1. The monoisotopic (exact) mass is 411 g/mol. The van der Waals surface area contributed by atoms with E-state index in [1.54, 1.807) is 33.4 Å². The van der Waals surface area contributed by atoms with E-state index in [2.05, 4.69) is 10.2 Å². The van der Waals surface area contributed by atoms with Crippen LogP contribution >= 0.6 is 0 Å². The molecule has 2 fully saturated rings. The van der Waals surface area contributed by atoms with Gasteiger partial charge in [-0.15, -0.1) is 10.2 Å². The zero-order chi connectivity index (χ0) is 20.2. The molecule has 0 aliphatic carbocycles. The van der Waals surface area contributed by atoms with Gasteiger partial charge in [0.05, 0.1) is 17.9 Å². The zero-order valence-electron chi connectivity index (χ0n) is 15.9. The molecule has 1 amide bonds. The van der Waals surface area contributed by atoms with Gasteiger partial charge in [0.1, 0.15) is 6.33 Å². The summed E-state index contributed by atoms with van der Waals surface area (Å²) in [5.74, 6) is 0.0841. The van der Waals surface area contributed by atoms with Crippen LogP contribution in [0.15, 0.2) is 55.0 Å². The van der Waals surface area contributed by atoms with E-state index in [1.807, 2.05) is 35.2 Å². The number of carbonyl (C=O) groups excluding carboxylic acids is 1. The van der Waals surface area contributed by atoms with E-state index >= 15 is 0 Å². The number of nitrogens with zero attached hydrogens (tertiary/aromatic N) is 5. The summed E-state index contributed by atoms with van der Waals surface area (Å²) in [7, 11) is -3.34. The highest BCUT2D eigenvalue weighted by molar-refractivity contribution is 7.88. The van der Waals surface area contributed by atoms with E-state index in [4.69, 9.17) is 0 Å². The van der Waals surface area contributed by atoms with Crippen LogP contribution in [0.4, 0.5) is 0 Å². The van der Waals surface area contributed by atoms with E-state index in [0.717, 1.165) is 5.56 Å². The Bertz CT molecular complexity index is 1180. The first-order valence-corrected chi connectivity index (χ1v) is 11.4. The minimum Gasteiger partial charge on any atom is -0.338 e. The van der Waals surface area contributed by atoms with Crippen molar-refractivity contribution in [3.05, 3.63) is 66.1 Å². The minimum atomic E-state index is -3.34. The largest absolute Gasteiger partial charge is 0.338 e. The summed E-state index contributed by atoms with van der Waals surface area (Å²) in [6.07, 6.45) is 4.64. The number of amides is 1. The number of aromatic nitrogens is 3. The Morgan fingerprint density at radius 2 is 1.86 bits per heavy atom. The summed E-state index contributed by atoms with van der Waals surface area (Å²) < 4.78 is 28.2. The lowest BCUT2D eigenvalue weighted by Gasteiger charge is -2.28. The molecule has 2 aliphatic heterocycles. The van der Waals surface area contributed by atoms with E-state index < -0.39 is 10.0 Å². The molecule has 0 spiro atoms. The molecule has 0 bridgehead atoms. The third-order valence-electron chi connectivity index (χ3n) is 6.03. The highest BCUT2D eigenvalue weighted by atomic mass is 32.2. The second-order valence-corrected chi connectivity index (χ2v) is 9.74. The van der Waals surface area contributed by atoms with Crippen LogP contribution in [-0.4, -0.2) is 64.0 Å². The van der Waals surface area contributed by atoms with Crippen molar-refractivity contribution in [2.45, 2.75) is 6.04 Å². The quantitative estimate of drug-likeness (QED) is 0.651. The Labute approximate surface area is 168 Å². The Balaban J connectivity index is 1.46. The van der Waals surface area contributed by atoms with Crippen LogP contribution in [0.3, 0.4) is 0 Å².